The Hall–Kier alpha value is -0.640. The van der Waals surface area contributed by atoms with Gasteiger partial charge < -0.3 is 0 Å². The lowest BCUT2D eigenvalue weighted by Gasteiger charge is -2.26. The van der Waals surface area contributed by atoms with Gasteiger partial charge in [-0.3, -0.25) is 11.3 Å². The van der Waals surface area contributed by atoms with Crippen molar-refractivity contribution in [3.05, 3.63) is 34.6 Å². The van der Waals surface area contributed by atoms with Crippen molar-refractivity contribution < 1.29 is 4.39 Å². The highest BCUT2D eigenvalue weighted by atomic mass is 35.5. The molecule has 1 aromatic carbocycles. The summed E-state index contributed by atoms with van der Waals surface area (Å²) in [5, 5.41) is 0.183. The van der Waals surface area contributed by atoms with Crippen LogP contribution < -0.4 is 11.3 Å². The molecule has 1 aromatic rings. The van der Waals surface area contributed by atoms with Crippen LogP contribution in [0.4, 0.5) is 4.39 Å². The van der Waals surface area contributed by atoms with Crippen LogP contribution >= 0.6 is 11.6 Å². The molecular formula is C14H20ClFN2. The minimum atomic E-state index is -0.315. The average molecular weight is 271 g/mol. The third-order valence-corrected chi connectivity index (χ3v) is 4.42. The molecule has 2 nitrogen and oxygen atoms in total. The zero-order valence-electron chi connectivity index (χ0n) is 10.6. The molecule has 3 atom stereocenters. The van der Waals surface area contributed by atoms with Gasteiger partial charge in [0.05, 0.1) is 5.02 Å². The number of halogens is 2. The maximum absolute atomic E-state index is 13.9. The smallest absolute Gasteiger partial charge is 0.145 e. The van der Waals surface area contributed by atoms with Gasteiger partial charge in [-0.15, -0.1) is 0 Å². The lowest BCUT2D eigenvalue weighted by Crippen LogP contribution is -2.43. The molecule has 0 bridgehead atoms. The minimum absolute atomic E-state index is 0.121. The summed E-state index contributed by atoms with van der Waals surface area (Å²) in [6, 6.07) is 5.26. The molecule has 0 aliphatic heterocycles. The van der Waals surface area contributed by atoms with E-state index in [1.54, 1.807) is 18.2 Å². The summed E-state index contributed by atoms with van der Waals surface area (Å²) in [7, 11) is 0. The van der Waals surface area contributed by atoms with Gasteiger partial charge in [-0.05, 0) is 36.3 Å². The van der Waals surface area contributed by atoms with Crippen LogP contribution in [0.2, 0.25) is 5.02 Å². The first-order valence-corrected chi connectivity index (χ1v) is 6.90. The van der Waals surface area contributed by atoms with Crippen LogP contribution in [0.3, 0.4) is 0 Å². The summed E-state index contributed by atoms with van der Waals surface area (Å²) in [5.41, 5.74) is 3.50. The molecule has 2 rings (SSSR count). The van der Waals surface area contributed by atoms with Crippen molar-refractivity contribution in [1.29, 1.82) is 0 Å². The van der Waals surface area contributed by atoms with Gasteiger partial charge in [0.25, 0.3) is 0 Å². The maximum Gasteiger partial charge on any atom is 0.145 e. The molecule has 3 N–H and O–H groups in total. The third kappa shape index (κ3) is 2.85. The van der Waals surface area contributed by atoms with Crippen LogP contribution in [0.1, 0.15) is 31.7 Å². The fourth-order valence-corrected chi connectivity index (χ4v) is 3.24. The van der Waals surface area contributed by atoms with Gasteiger partial charge in [-0.1, -0.05) is 43.5 Å². The standard InChI is InChI=1S/C14H20ClFN2/c1-9-4-2-6-11(9)13(18-17)8-10-5-3-7-12(15)14(10)16/h3,5,7,9,11,13,18H,2,4,6,8,17H2,1H3. The predicted octanol–water partition coefficient (Wildman–Crippen LogP) is 3.29. The number of nitrogens with one attached hydrogen (secondary N) is 1. The van der Waals surface area contributed by atoms with E-state index in [0.29, 0.717) is 23.8 Å². The molecule has 3 unspecified atom stereocenters. The largest absolute Gasteiger partial charge is 0.271 e. The molecule has 18 heavy (non-hydrogen) atoms. The summed E-state index contributed by atoms with van der Waals surface area (Å²) in [4.78, 5) is 0. The van der Waals surface area contributed by atoms with Gasteiger partial charge in [0.15, 0.2) is 0 Å². The summed E-state index contributed by atoms with van der Waals surface area (Å²) >= 11 is 5.80. The predicted molar refractivity (Wildman–Crippen MR) is 72.7 cm³/mol. The van der Waals surface area contributed by atoms with Crippen LogP contribution in [-0.2, 0) is 6.42 Å². The van der Waals surface area contributed by atoms with E-state index in [1.165, 1.54) is 12.8 Å². The Kier molecular flexibility index (Phi) is 4.60. The average Bonchev–Trinajstić information content (AvgIpc) is 2.77. The number of hydrogen-bond donors (Lipinski definition) is 2. The molecule has 1 fully saturated rings. The molecule has 0 aromatic heterocycles. The van der Waals surface area contributed by atoms with Crippen LogP contribution in [0.5, 0.6) is 0 Å². The Morgan fingerprint density at radius 2 is 2.28 bits per heavy atom. The van der Waals surface area contributed by atoms with Gasteiger partial charge in [0.2, 0.25) is 0 Å². The van der Waals surface area contributed by atoms with Gasteiger partial charge in [0.1, 0.15) is 5.82 Å². The van der Waals surface area contributed by atoms with E-state index in [1.807, 2.05) is 0 Å². The van der Waals surface area contributed by atoms with Gasteiger partial charge in [-0.2, -0.15) is 0 Å². The molecular weight excluding hydrogens is 251 g/mol. The summed E-state index contributed by atoms with van der Waals surface area (Å²) in [6.45, 7) is 2.25. The molecule has 1 saturated carbocycles. The van der Waals surface area contributed by atoms with Crippen molar-refractivity contribution >= 4 is 11.6 Å². The summed E-state index contributed by atoms with van der Waals surface area (Å²) < 4.78 is 13.9. The fraction of sp³-hybridized carbons (Fsp3) is 0.571. The Labute approximate surface area is 113 Å². The Balaban J connectivity index is 2.12. The Bertz CT molecular complexity index is 411. The highest BCUT2D eigenvalue weighted by Crippen LogP contribution is 2.35. The lowest BCUT2D eigenvalue weighted by molar-refractivity contribution is 0.295. The first-order chi connectivity index (χ1) is 8.63. The van der Waals surface area contributed by atoms with Crippen molar-refractivity contribution in [3.8, 4) is 0 Å². The first kappa shape index (κ1) is 13.8. The van der Waals surface area contributed by atoms with E-state index in [0.717, 1.165) is 6.42 Å². The second-order valence-electron chi connectivity index (χ2n) is 5.26. The van der Waals surface area contributed by atoms with Gasteiger partial charge in [-0.25, -0.2) is 4.39 Å². The molecule has 0 saturated heterocycles. The van der Waals surface area contributed by atoms with Crippen molar-refractivity contribution in [2.24, 2.45) is 17.7 Å². The maximum atomic E-state index is 13.9. The molecule has 1 aliphatic rings. The van der Waals surface area contributed by atoms with E-state index >= 15 is 0 Å². The number of hydrazine groups is 1. The zero-order valence-corrected chi connectivity index (χ0v) is 11.4. The Morgan fingerprint density at radius 1 is 1.50 bits per heavy atom. The van der Waals surface area contributed by atoms with E-state index in [9.17, 15) is 4.39 Å². The number of benzene rings is 1. The molecule has 4 heteroatoms. The summed E-state index contributed by atoms with van der Waals surface area (Å²) in [5.74, 6) is 6.50. The van der Waals surface area contributed by atoms with Crippen molar-refractivity contribution in [3.63, 3.8) is 0 Å². The van der Waals surface area contributed by atoms with E-state index < -0.39 is 0 Å². The second-order valence-corrected chi connectivity index (χ2v) is 5.67. The van der Waals surface area contributed by atoms with Gasteiger partial charge >= 0.3 is 0 Å². The number of rotatable bonds is 4. The van der Waals surface area contributed by atoms with Crippen molar-refractivity contribution in [2.75, 3.05) is 0 Å². The molecule has 1 aliphatic carbocycles. The second kappa shape index (κ2) is 6.00. The summed E-state index contributed by atoms with van der Waals surface area (Å²) in [6.07, 6.45) is 4.24. The molecule has 0 spiro atoms. The van der Waals surface area contributed by atoms with Crippen LogP contribution in [0, 0.1) is 17.7 Å². The SMILES string of the molecule is CC1CCCC1C(Cc1cccc(Cl)c1F)NN. The molecule has 0 heterocycles. The lowest BCUT2D eigenvalue weighted by atomic mass is 9.87. The molecule has 100 valence electrons. The van der Waals surface area contributed by atoms with Crippen molar-refractivity contribution in [1.82, 2.24) is 5.43 Å². The molecule has 0 amide bonds. The number of nitrogens with two attached hydrogens (primary N) is 1. The third-order valence-electron chi connectivity index (χ3n) is 4.13. The fourth-order valence-electron chi connectivity index (χ4n) is 3.05. The molecule has 0 radical (unpaired) electrons. The topological polar surface area (TPSA) is 38.0 Å². The van der Waals surface area contributed by atoms with Crippen molar-refractivity contribution in [2.45, 2.75) is 38.6 Å². The van der Waals surface area contributed by atoms with E-state index in [4.69, 9.17) is 17.4 Å². The Morgan fingerprint density at radius 3 is 2.89 bits per heavy atom. The van der Waals surface area contributed by atoms with E-state index in [2.05, 4.69) is 12.3 Å². The zero-order chi connectivity index (χ0) is 13.1. The first-order valence-electron chi connectivity index (χ1n) is 6.52. The monoisotopic (exact) mass is 270 g/mol. The van der Waals surface area contributed by atoms with Gasteiger partial charge in [0, 0.05) is 6.04 Å². The van der Waals surface area contributed by atoms with Crippen LogP contribution in [-0.4, -0.2) is 6.04 Å². The number of hydrogen-bond acceptors (Lipinski definition) is 2. The highest BCUT2D eigenvalue weighted by molar-refractivity contribution is 6.30. The van der Waals surface area contributed by atoms with Crippen LogP contribution in [0.25, 0.3) is 0 Å². The minimum Gasteiger partial charge on any atom is -0.271 e. The quantitative estimate of drug-likeness (QED) is 0.651. The van der Waals surface area contributed by atoms with E-state index in [-0.39, 0.29) is 16.9 Å². The normalized spacial score (nSPS) is 25.3. The van der Waals surface area contributed by atoms with Crippen LogP contribution in [0.15, 0.2) is 18.2 Å². The highest BCUT2D eigenvalue weighted by Gasteiger charge is 2.30.